The van der Waals surface area contributed by atoms with E-state index < -0.39 is 11.8 Å². The van der Waals surface area contributed by atoms with Crippen molar-refractivity contribution in [3.05, 3.63) is 76.7 Å². The van der Waals surface area contributed by atoms with Crippen LogP contribution >= 0.6 is 15.9 Å². The van der Waals surface area contributed by atoms with Gasteiger partial charge in [-0.1, -0.05) is 28.1 Å². The number of carbonyl (C=O) groups excluding carboxylic acids is 2. The summed E-state index contributed by atoms with van der Waals surface area (Å²) in [6, 6.07) is 13.8. The second-order valence-electron chi connectivity index (χ2n) is 4.81. The van der Waals surface area contributed by atoms with Crippen molar-refractivity contribution in [1.29, 1.82) is 0 Å². The molecular formula is C17H12BrN3O3. The third-order valence-corrected chi connectivity index (χ3v) is 3.72. The fraction of sp³-hybridized carbons (Fsp3) is 0. The summed E-state index contributed by atoms with van der Waals surface area (Å²) in [5.74, 6) is -0.317. The number of rotatable bonds is 3. The van der Waals surface area contributed by atoms with E-state index in [0.717, 1.165) is 10.0 Å². The standard InChI is InChI=1S/C17H12BrN3O3/c18-13-3-1-11(2-4-13)14-5-6-15(24-14)17(23)21-20-16(22)12-7-9-19-10-8-12/h1-10H,(H,20,22)(H,21,23). The number of nitrogens with one attached hydrogen (secondary N) is 2. The van der Waals surface area contributed by atoms with E-state index in [1.54, 1.807) is 24.3 Å². The Balaban J connectivity index is 1.64. The number of aromatic nitrogens is 1. The van der Waals surface area contributed by atoms with Gasteiger partial charge in [0, 0.05) is 28.0 Å². The van der Waals surface area contributed by atoms with Gasteiger partial charge in [-0.2, -0.15) is 0 Å². The molecule has 1 aromatic carbocycles. The molecule has 24 heavy (non-hydrogen) atoms. The van der Waals surface area contributed by atoms with Crippen molar-refractivity contribution in [2.45, 2.75) is 0 Å². The molecule has 0 aliphatic heterocycles. The molecule has 0 spiro atoms. The van der Waals surface area contributed by atoms with Crippen molar-refractivity contribution < 1.29 is 14.0 Å². The summed E-state index contributed by atoms with van der Waals surface area (Å²) >= 11 is 3.36. The molecule has 3 aromatic rings. The third kappa shape index (κ3) is 3.69. The Labute approximate surface area is 146 Å². The summed E-state index contributed by atoms with van der Waals surface area (Å²) in [6.07, 6.45) is 2.99. The van der Waals surface area contributed by atoms with Crippen molar-refractivity contribution in [1.82, 2.24) is 15.8 Å². The van der Waals surface area contributed by atoms with E-state index >= 15 is 0 Å². The van der Waals surface area contributed by atoms with Gasteiger partial charge in [0.1, 0.15) is 5.76 Å². The quantitative estimate of drug-likeness (QED) is 0.678. The van der Waals surface area contributed by atoms with Gasteiger partial charge in [0.25, 0.3) is 5.91 Å². The van der Waals surface area contributed by atoms with E-state index in [9.17, 15) is 9.59 Å². The van der Waals surface area contributed by atoms with Crippen LogP contribution in [0.15, 0.2) is 69.8 Å². The van der Waals surface area contributed by atoms with Gasteiger partial charge < -0.3 is 4.42 Å². The van der Waals surface area contributed by atoms with Crippen LogP contribution in [0.25, 0.3) is 11.3 Å². The number of amides is 2. The molecule has 0 saturated carbocycles. The maximum Gasteiger partial charge on any atom is 0.305 e. The molecule has 0 aliphatic rings. The van der Waals surface area contributed by atoms with E-state index in [1.807, 2.05) is 24.3 Å². The largest absolute Gasteiger partial charge is 0.451 e. The van der Waals surface area contributed by atoms with E-state index in [1.165, 1.54) is 12.4 Å². The van der Waals surface area contributed by atoms with Crippen molar-refractivity contribution in [3.63, 3.8) is 0 Å². The van der Waals surface area contributed by atoms with Crippen molar-refractivity contribution in [2.24, 2.45) is 0 Å². The number of pyridine rings is 1. The van der Waals surface area contributed by atoms with Gasteiger partial charge in [-0.15, -0.1) is 0 Å². The molecule has 0 aliphatic carbocycles. The lowest BCUT2D eigenvalue weighted by Crippen LogP contribution is -2.41. The van der Waals surface area contributed by atoms with Crippen molar-refractivity contribution in [3.8, 4) is 11.3 Å². The highest BCUT2D eigenvalue weighted by Gasteiger charge is 2.13. The summed E-state index contributed by atoms with van der Waals surface area (Å²) in [5.41, 5.74) is 5.87. The minimum absolute atomic E-state index is 0.1000. The SMILES string of the molecule is O=C(NNC(=O)c1ccc(-c2ccc(Br)cc2)o1)c1ccncc1. The van der Waals surface area contributed by atoms with E-state index in [4.69, 9.17) is 4.42 Å². The zero-order chi connectivity index (χ0) is 16.9. The molecule has 0 bridgehead atoms. The first-order valence-corrected chi connectivity index (χ1v) is 7.79. The first-order chi connectivity index (χ1) is 11.6. The van der Waals surface area contributed by atoms with Gasteiger partial charge in [0.15, 0.2) is 5.76 Å². The van der Waals surface area contributed by atoms with Gasteiger partial charge in [-0.05, 0) is 36.4 Å². The first-order valence-electron chi connectivity index (χ1n) is 7.00. The molecule has 2 N–H and O–H groups in total. The molecule has 2 amide bonds. The summed E-state index contributed by atoms with van der Waals surface area (Å²) in [6.45, 7) is 0. The maximum atomic E-state index is 12.0. The predicted molar refractivity (Wildman–Crippen MR) is 91.0 cm³/mol. The molecule has 3 rings (SSSR count). The summed E-state index contributed by atoms with van der Waals surface area (Å²) in [4.78, 5) is 27.7. The average molecular weight is 386 g/mol. The van der Waals surface area contributed by atoms with Crippen LogP contribution < -0.4 is 10.9 Å². The van der Waals surface area contributed by atoms with Crippen LogP contribution in [0.5, 0.6) is 0 Å². The van der Waals surface area contributed by atoms with Crippen LogP contribution in [0.4, 0.5) is 0 Å². The van der Waals surface area contributed by atoms with Gasteiger partial charge in [-0.3, -0.25) is 25.4 Å². The summed E-state index contributed by atoms with van der Waals surface area (Å²) in [5, 5.41) is 0. The van der Waals surface area contributed by atoms with Crippen LogP contribution in [0.3, 0.4) is 0 Å². The van der Waals surface area contributed by atoms with Crippen molar-refractivity contribution in [2.75, 3.05) is 0 Å². The molecule has 0 unspecified atom stereocenters. The Morgan fingerprint density at radius 2 is 1.54 bits per heavy atom. The van der Waals surface area contributed by atoms with Crippen LogP contribution in [-0.2, 0) is 0 Å². The number of nitrogens with zero attached hydrogens (tertiary/aromatic N) is 1. The van der Waals surface area contributed by atoms with E-state index in [2.05, 4.69) is 31.8 Å². The molecular weight excluding hydrogens is 374 g/mol. The van der Waals surface area contributed by atoms with Crippen LogP contribution in [0, 0.1) is 0 Å². The zero-order valence-corrected chi connectivity index (χ0v) is 13.9. The molecule has 0 fully saturated rings. The lowest BCUT2D eigenvalue weighted by Gasteiger charge is -2.05. The Bertz CT molecular complexity index is 860. The molecule has 0 radical (unpaired) electrons. The van der Waals surface area contributed by atoms with Gasteiger partial charge in [0.05, 0.1) is 0 Å². The number of halogens is 1. The normalized spacial score (nSPS) is 10.2. The molecule has 6 nitrogen and oxygen atoms in total. The number of benzene rings is 1. The minimum Gasteiger partial charge on any atom is -0.451 e. The number of hydrogen-bond acceptors (Lipinski definition) is 4. The second kappa shape index (κ2) is 7.10. The Morgan fingerprint density at radius 1 is 0.875 bits per heavy atom. The average Bonchev–Trinajstić information content (AvgIpc) is 3.11. The molecule has 120 valence electrons. The van der Waals surface area contributed by atoms with Crippen LogP contribution in [0.1, 0.15) is 20.9 Å². The van der Waals surface area contributed by atoms with E-state index in [0.29, 0.717) is 11.3 Å². The van der Waals surface area contributed by atoms with Gasteiger partial charge >= 0.3 is 5.91 Å². The number of hydrazine groups is 1. The highest BCUT2D eigenvalue weighted by Crippen LogP contribution is 2.23. The molecule has 0 saturated heterocycles. The molecule has 0 atom stereocenters. The summed E-state index contributed by atoms with van der Waals surface area (Å²) < 4.78 is 6.47. The Kier molecular flexibility index (Phi) is 4.72. The molecule has 7 heteroatoms. The van der Waals surface area contributed by atoms with Crippen LogP contribution in [-0.4, -0.2) is 16.8 Å². The predicted octanol–water partition coefficient (Wildman–Crippen LogP) is 3.18. The summed E-state index contributed by atoms with van der Waals surface area (Å²) in [7, 11) is 0. The fourth-order valence-electron chi connectivity index (χ4n) is 1.98. The fourth-order valence-corrected chi connectivity index (χ4v) is 2.24. The highest BCUT2D eigenvalue weighted by molar-refractivity contribution is 9.10. The monoisotopic (exact) mass is 385 g/mol. The van der Waals surface area contributed by atoms with Crippen molar-refractivity contribution >= 4 is 27.7 Å². The lowest BCUT2D eigenvalue weighted by molar-refractivity contribution is 0.0831. The number of hydrogen-bond donors (Lipinski definition) is 2. The van der Waals surface area contributed by atoms with Gasteiger partial charge in [-0.25, -0.2) is 0 Å². The zero-order valence-electron chi connectivity index (χ0n) is 12.3. The molecule has 2 aromatic heterocycles. The smallest absolute Gasteiger partial charge is 0.305 e. The minimum atomic E-state index is -0.541. The molecule has 2 heterocycles. The topological polar surface area (TPSA) is 84.2 Å². The Hall–Kier alpha value is -2.93. The maximum absolute atomic E-state index is 12.0. The lowest BCUT2D eigenvalue weighted by atomic mass is 10.2. The number of furan rings is 1. The van der Waals surface area contributed by atoms with Gasteiger partial charge in [0.2, 0.25) is 0 Å². The number of carbonyl (C=O) groups is 2. The van der Waals surface area contributed by atoms with Crippen LogP contribution in [0.2, 0.25) is 0 Å². The second-order valence-corrected chi connectivity index (χ2v) is 5.73. The first kappa shape index (κ1) is 15.9. The highest BCUT2D eigenvalue weighted by atomic mass is 79.9. The Morgan fingerprint density at radius 3 is 2.25 bits per heavy atom. The van der Waals surface area contributed by atoms with E-state index in [-0.39, 0.29) is 5.76 Å². The third-order valence-electron chi connectivity index (χ3n) is 3.19.